The Kier molecular flexibility index (Phi) is 6.88. The van der Waals surface area contributed by atoms with Crippen LogP contribution in [0.5, 0.6) is 17.2 Å². The SMILES string of the molecule is Cc1ccc(S(=O)(=O)Oc2ccc(OS(=O)(=O)c3ccc(C)cc3)c(OS(=O)O)c2)cc1. The lowest BCUT2D eigenvalue weighted by molar-refractivity contribution is 0.432. The van der Waals surface area contributed by atoms with E-state index in [-0.39, 0.29) is 15.5 Å². The van der Waals surface area contributed by atoms with E-state index in [0.717, 1.165) is 29.3 Å². The van der Waals surface area contributed by atoms with Crippen molar-refractivity contribution < 1.29 is 38.1 Å². The van der Waals surface area contributed by atoms with Crippen LogP contribution in [-0.2, 0) is 31.6 Å². The zero-order valence-corrected chi connectivity index (χ0v) is 19.2. The molecule has 0 aliphatic carbocycles. The van der Waals surface area contributed by atoms with E-state index in [0.29, 0.717) is 0 Å². The first kappa shape index (κ1) is 23.7. The third kappa shape index (κ3) is 5.85. The van der Waals surface area contributed by atoms with Crippen molar-refractivity contribution in [3.05, 3.63) is 77.9 Å². The minimum absolute atomic E-state index is 0.112. The summed E-state index contributed by atoms with van der Waals surface area (Å²) >= 11 is -2.85. The summed E-state index contributed by atoms with van der Waals surface area (Å²) in [6, 6.07) is 14.8. The standard InChI is InChI=1S/C20H18O9S3/c1-14-3-8-17(9-4-14)31(23,24)28-16-7-12-19(20(13-16)27-30(21)22)29-32(25,26)18-10-5-15(2)6-11-18/h3-13H,1-2H3,(H,21,22). The third-order valence-corrected chi connectivity index (χ3v) is 6.93. The van der Waals surface area contributed by atoms with Gasteiger partial charge in [0.2, 0.25) is 0 Å². The molecule has 32 heavy (non-hydrogen) atoms. The van der Waals surface area contributed by atoms with Gasteiger partial charge < -0.3 is 12.5 Å². The van der Waals surface area contributed by atoms with E-state index in [4.69, 9.17) is 12.9 Å². The zero-order chi connectivity index (χ0) is 23.5. The number of rotatable bonds is 8. The summed E-state index contributed by atoms with van der Waals surface area (Å²) in [6.45, 7) is 3.57. The molecule has 0 bridgehead atoms. The first-order chi connectivity index (χ1) is 15.0. The third-order valence-electron chi connectivity index (χ3n) is 4.10. The van der Waals surface area contributed by atoms with Crippen molar-refractivity contribution in [3.63, 3.8) is 0 Å². The quantitative estimate of drug-likeness (QED) is 0.366. The summed E-state index contributed by atoms with van der Waals surface area (Å²) < 4.78 is 85.0. The predicted molar refractivity (Wildman–Crippen MR) is 116 cm³/mol. The lowest BCUT2D eigenvalue weighted by Crippen LogP contribution is -2.12. The predicted octanol–water partition coefficient (Wildman–Crippen LogP) is 3.35. The van der Waals surface area contributed by atoms with Crippen LogP contribution in [0.15, 0.2) is 76.5 Å². The van der Waals surface area contributed by atoms with E-state index in [1.54, 1.807) is 38.1 Å². The van der Waals surface area contributed by atoms with Crippen LogP contribution >= 0.6 is 0 Å². The van der Waals surface area contributed by atoms with Crippen LogP contribution in [0.4, 0.5) is 0 Å². The fourth-order valence-electron chi connectivity index (χ4n) is 2.50. The molecule has 9 nitrogen and oxygen atoms in total. The van der Waals surface area contributed by atoms with Gasteiger partial charge in [0.1, 0.15) is 15.5 Å². The highest BCUT2D eigenvalue weighted by Gasteiger charge is 2.23. The Balaban J connectivity index is 1.93. The highest BCUT2D eigenvalue weighted by molar-refractivity contribution is 7.87. The van der Waals surface area contributed by atoms with E-state index in [1.807, 2.05) is 0 Å². The van der Waals surface area contributed by atoms with Crippen LogP contribution in [-0.4, -0.2) is 25.6 Å². The van der Waals surface area contributed by atoms with Gasteiger partial charge in [0, 0.05) is 6.07 Å². The molecule has 0 saturated heterocycles. The minimum atomic E-state index is -4.30. The Morgan fingerprint density at radius 1 is 0.688 bits per heavy atom. The normalized spacial score (nSPS) is 12.7. The van der Waals surface area contributed by atoms with Crippen LogP contribution in [0.25, 0.3) is 0 Å². The zero-order valence-electron chi connectivity index (χ0n) is 16.8. The molecular weight excluding hydrogens is 480 g/mol. The van der Waals surface area contributed by atoms with Gasteiger partial charge in [-0.1, -0.05) is 35.4 Å². The summed E-state index contributed by atoms with van der Waals surface area (Å²) in [6.07, 6.45) is 0. The number of benzene rings is 3. The first-order valence-electron chi connectivity index (χ1n) is 8.92. The molecule has 1 unspecified atom stereocenters. The molecule has 3 aromatic carbocycles. The van der Waals surface area contributed by atoms with E-state index in [9.17, 15) is 21.0 Å². The van der Waals surface area contributed by atoms with E-state index >= 15 is 0 Å². The second-order valence-corrected chi connectivity index (χ2v) is 10.3. The molecule has 170 valence electrons. The van der Waals surface area contributed by atoms with Crippen molar-refractivity contribution in [1.82, 2.24) is 0 Å². The van der Waals surface area contributed by atoms with Crippen molar-refractivity contribution >= 4 is 31.6 Å². The fourth-order valence-corrected chi connectivity index (χ4v) is 4.65. The van der Waals surface area contributed by atoms with Crippen molar-refractivity contribution in [2.45, 2.75) is 23.6 Å². The molecule has 0 aromatic heterocycles. The summed E-state index contributed by atoms with van der Waals surface area (Å²) in [5.41, 5.74) is 1.68. The number of aryl methyl sites for hydroxylation is 2. The smallest absolute Gasteiger partial charge is 0.357 e. The Morgan fingerprint density at radius 3 is 1.62 bits per heavy atom. The molecule has 0 aliphatic rings. The highest BCUT2D eigenvalue weighted by atomic mass is 32.2. The Morgan fingerprint density at radius 2 is 1.16 bits per heavy atom. The van der Waals surface area contributed by atoms with Crippen LogP contribution in [0.2, 0.25) is 0 Å². The molecular formula is C20H18O9S3. The van der Waals surface area contributed by atoms with Crippen molar-refractivity contribution in [2.24, 2.45) is 0 Å². The van der Waals surface area contributed by atoms with Crippen molar-refractivity contribution in [3.8, 4) is 17.2 Å². The van der Waals surface area contributed by atoms with Gasteiger partial charge in [-0.05, 0) is 50.2 Å². The van der Waals surface area contributed by atoms with Crippen LogP contribution in [0.3, 0.4) is 0 Å². The van der Waals surface area contributed by atoms with Crippen LogP contribution in [0, 0.1) is 13.8 Å². The van der Waals surface area contributed by atoms with E-state index < -0.39 is 43.1 Å². The number of hydrogen-bond donors (Lipinski definition) is 1. The molecule has 12 heteroatoms. The second kappa shape index (κ2) is 9.28. The summed E-state index contributed by atoms with van der Waals surface area (Å²) in [7, 11) is -8.53. The summed E-state index contributed by atoms with van der Waals surface area (Å²) in [5, 5.41) is 0. The average Bonchev–Trinajstić information content (AvgIpc) is 2.70. The van der Waals surface area contributed by atoms with Gasteiger partial charge in [-0.3, -0.25) is 4.55 Å². The first-order valence-corrected chi connectivity index (χ1v) is 12.8. The number of hydrogen-bond acceptors (Lipinski definition) is 8. The lowest BCUT2D eigenvalue weighted by Gasteiger charge is -2.13. The average molecular weight is 499 g/mol. The fraction of sp³-hybridized carbons (Fsp3) is 0.100. The Hall–Kier alpha value is -2.93. The van der Waals surface area contributed by atoms with Crippen LogP contribution < -0.4 is 12.5 Å². The van der Waals surface area contributed by atoms with Crippen LogP contribution in [0.1, 0.15) is 11.1 Å². The highest BCUT2D eigenvalue weighted by Crippen LogP contribution is 2.35. The maximum atomic E-state index is 12.5. The van der Waals surface area contributed by atoms with Gasteiger partial charge in [-0.25, -0.2) is 0 Å². The van der Waals surface area contributed by atoms with Crippen molar-refractivity contribution in [1.29, 1.82) is 0 Å². The molecule has 0 amide bonds. The monoisotopic (exact) mass is 498 g/mol. The van der Waals surface area contributed by atoms with Gasteiger partial charge in [0.05, 0.1) is 0 Å². The van der Waals surface area contributed by atoms with Gasteiger partial charge in [0.25, 0.3) is 0 Å². The largest absolute Gasteiger partial charge is 0.379 e. The Labute approximate surface area is 188 Å². The van der Waals surface area contributed by atoms with Gasteiger partial charge in [-0.15, -0.1) is 0 Å². The topological polar surface area (TPSA) is 133 Å². The molecule has 3 rings (SSSR count). The summed E-state index contributed by atoms with van der Waals surface area (Å²) in [5.74, 6) is -1.24. The maximum absolute atomic E-state index is 12.5. The lowest BCUT2D eigenvalue weighted by atomic mass is 10.2. The maximum Gasteiger partial charge on any atom is 0.357 e. The molecule has 1 atom stereocenters. The molecule has 1 N–H and O–H groups in total. The molecule has 3 aromatic rings. The molecule has 0 saturated carbocycles. The van der Waals surface area contributed by atoms with E-state index in [1.165, 1.54) is 24.3 Å². The molecule has 0 spiro atoms. The van der Waals surface area contributed by atoms with Gasteiger partial charge in [-0.2, -0.15) is 21.0 Å². The second-order valence-electron chi connectivity index (χ2n) is 6.61. The molecule has 0 radical (unpaired) electrons. The molecule has 0 aliphatic heterocycles. The molecule has 0 heterocycles. The van der Waals surface area contributed by atoms with Gasteiger partial charge in [0.15, 0.2) is 11.5 Å². The summed E-state index contributed by atoms with van der Waals surface area (Å²) in [4.78, 5) is -0.264. The Bertz CT molecular complexity index is 1350. The van der Waals surface area contributed by atoms with E-state index in [2.05, 4.69) is 4.18 Å². The van der Waals surface area contributed by atoms with Crippen molar-refractivity contribution in [2.75, 3.05) is 0 Å². The molecule has 0 fully saturated rings. The van der Waals surface area contributed by atoms with Gasteiger partial charge >= 0.3 is 31.6 Å². The minimum Gasteiger partial charge on any atom is -0.379 e.